The maximum Gasteiger partial charge on any atom is 0.323 e. The van der Waals surface area contributed by atoms with Crippen LogP contribution in [0, 0.1) is 6.92 Å². The third-order valence-electron chi connectivity index (χ3n) is 2.29. The van der Waals surface area contributed by atoms with E-state index in [0.717, 1.165) is 11.3 Å². The van der Waals surface area contributed by atoms with Gasteiger partial charge in [0, 0.05) is 17.8 Å². The zero-order valence-electron chi connectivity index (χ0n) is 13.8. The molecule has 0 spiro atoms. The summed E-state index contributed by atoms with van der Waals surface area (Å²) in [5.41, 5.74) is 1.57. The second-order valence-corrected chi connectivity index (χ2v) is 3.58. The molecule has 6 nitrogen and oxygen atoms in total. The van der Waals surface area contributed by atoms with Crippen molar-refractivity contribution < 1.29 is 19.7 Å². The van der Waals surface area contributed by atoms with Crippen molar-refractivity contribution in [2.75, 3.05) is 13.7 Å². The van der Waals surface area contributed by atoms with Crippen molar-refractivity contribution in [2.24, 2.45) is 0 Å². The molecule has 21 heavy (non-hydrogen) atoms. The molecule has 1 aromatic rings. The van der Waals surface area contributed by atoms with E-state index in [1.54, 1.807) is 0 Å². The summed E-state index contributed by atoms with van der Waals surface area (Å²) in [5.74, 6) is -0.633. The standard InChI is InChI=1S/C11H16N2O4.2C2H6/c1-7-3-4-8(10(13-7)17-2)5-12-9(6-14)11(15)16;2*1-2/h3-4,9,12,14H,5-6H2,1-2H3,(H,15,16);2*1-2H3. The average molecular weight is 300 g/mol. The molecule has 0 aliphatic carbocycles. The van der Waals surface area contributed by atoms with Gasteiger partial charge in [0.25, 0.3) is 0 Å². The minimum atomic E-state index is -1.09. The first-order valence-corrected chi connectivity index (χ1v) is 7.16. The van der Waals surface area contributed by atoms with Crippen LogP contribution >= 0.6 is 0 Å². The van der Waals surface area contributed by atoms with Crippen LogP contribution in [0.2, 0.25) is 0 Å². The Balaban J connectivity index is 0. The van der Waals surface area contributed by atoms with Crippen molar-refractivity contribution in [3.05, 3.63) is 23.4 Å². The number of hydrogen-bond acceptors (Lipinski definition) is 5. The second-order valence-electron chi connectivity index (χ2n) is 3.58. The zero-order chi connectivity index (χ0) is 16.8. The Morgan fingerprint density at radius 3 is 2.33 bits per heavy atom. The molecule has 0 radical (unpaired) electrons. The maximum absolute atomic E-state index is 10.7. The van der Waals surface area contributed by atoms with Crippen molar-refractivity contribution >= 4 is 5.97 Å². The molecule has 1 rings (SSSR count). The monoisotopic (exact) mass is 300 g/mol. The minimum absolute atomic E-state index is 0.272. The number of aromatic nitrogens is 1. The zero-order valence-corrected chi connectivity index (χ0v) is 13.8. The van der Waals surface area contributed by atoms with E-state index < -0.39 is 18.6 Å². The number of aryl methyl sites for hydroxylation is 1. The number of nitrogens with zero attached hydrogens (tertiary/aromatic N) is 1. The molecule has 0 saturated carbocycles. The van der Waals surface area contributed by atoms with Crippen LogP contribution in [-0.2, 0) is 11.3 Å². The molecule has 0 aliphatic rings. The Labute approximate surface area is 127 Å². The van der Waals surface area contributed by atoms with Gasteiger partial charge in [-0.3, -0.25) is 10.1 Å². The summed E-state index contributed by atoms with van der Waals surface area (Å²) in [4.78, 5) is 14.9. The smallest absolute Gasteiger partial charge is 0.323 e. The summed E-state index contributed by atoms with van der Waals surface area (Å²) < 4.78 is 5.09. The van der Waals surface area contributed by atoms with E-state index >= 15 is 0 Å². The van der Waals surface area contributed by atoms with Gasteiger partial charge in [-0.1, -0.05) is 33.8 Å². The van der Waals surface area contributed by atoms with E-state index in [1.165, 1.54) is 7.11 Å². The summed E-state index contributed by atoms with van der Waals surface area (Å²) >= 11 is 0. The summed E-state index contributed by atoms with van der Waals surface area (Å²) in [7, 11) is 1.51. The predicted molar refractivity (Wildman–Crippen MR) is 83.6 cm³/mol. The molecule has 0 aromatic carbocycles. The number of nitrogens with one attached hydrogen (secondary N) is 1. The lowest BCUT2D eigenvalue weighted by molar-refractivity contribution is -0.140. The molecule has 6 heteroatoms. The highest BCUT2D eigenvalue weighted by atomic mass is 16.5. The first-order chi connectivity index (χ1) is 10.1. The third kappa shape index (κ3) is 8.27. The molecule has 0 aliphatic heterocycles. The number of carboxylic acids is 1. The summed E-state index contributed by atoms with van der Waals surface area (Å²) in [6.45, 7) is 9.65. The number of pyridine rings is 1. The molecule has 1 heterocycles. The van der Waals surface area contributed by atoms with Gasteiger partial charge in [0.15, 0.2) is 0 Å². The van der Waals surface area contributed by atoms with E-state index in [9.17, 15) is 4.79 Å². The number of ether oxygens (including phenoxy) is 1. The molecule has 1 aromatic heterocycles. The van der Waals surface area contributed by atoms with Gasteiger partial charge in [-0.15, -0.1) is 0 Å². The van der Waals surface area contributed by atoms with E-state index in [-0.39, 0.29) is 6.54 Å². The van der Waals surface area contributed by atoms with Gasteiger partial charge in [0.2, 0.25) is 5.88 Å². The Bertz CT molecular complexity index is 397. The number of carbonyl (C=O) groups is 1. The van der Waals surface area contributed by atoms with Gasteiger partial charge in [0.05, 0.1) is 13.7 Å². The van der Waals surface area contributed by atoms with E-state index in [4.69, 9.17) is 14.9 Å². The van der Waals surface area contributed by atoms with Crippen LogP contribution in [0.25, 0.3) is 0 Å². The first kappa shape index (κ1) is 21.6. The number of aliphatic hydroxyl groups excluding tert-OH is 1. The molecular weight excluding hydrogens is 272 g/mol. The first-order valence-electron chi connectivity index (χ1n) is 7.16. The van der Waals surface area contributed by atoms with Crippen LogP contribution < -0.4 is 10.1 Å². The van der Waals surface area contributed by atoms with Gasteiger partial charge < -0.3 is 14.9 Å². The lowest BCUT2D eigenvalue weighted by atomic mass is 10.2. The second kappa shape index (κ2) is 13.3. The largest absolute Gasteiger partial charge is 0.481 e. The minimum Gasteiger partial charge on any atom is -0.481 e. The number of carboxylic acid groups (broad SMARTS) is 1. The lowest BCUT2D eigenvalue weighted by Crippen LogP contribution is -2.39. The van der Waals surface area contributed by atoms with Gasteiger partial charge in [-0.2, -0.15) is 0 Å². The van der Waals surface area contributed by atoms with E-state index in [0.29, 0.717) is 5.88 Å². The van der Waals surface area contributed by atoms with Crippen molar-refractivity contribution in [3.63, 3.8) is 0 Å². The topological polar surface area (TPSA) is 91.7 Å². The van der Waals surface area contributed by atoms with Crippen molar-refractivity contribution in [1.29, 1.82) is 0 Å². The molecule has 3 N–H and O–H groups in total. The average Bonchev–Trinajstić information content (AvgIpc) is 2.52. The lowest BCUT2D eigenvalue weighted by Gasteiger charge is -2.13. The van der Waals surface area contributed by atoms with Crippen LogP contribution in [0.5, 0.6) is 5.88 Å². The predicted octanol–water partition coefficient (Wildman–Crippen LogP) is 1.99. The summed E-state index contributed by atoms with van der Waals surface area (Å²) in [5, 5.41) is 20.3. The van der Waals surface area contributed by atoms with E-state index in [2.05, 4.69) is 10.3 Å². The SMILES string of the molecule is CC.CC.COc1nc(C)ccc1CNC(CO)C(=O)O. The highest BCUT2D eigenvalue weighted by Gasteiger charge is 2.16. The third-order valence-corrected chi connectivity index (χ3v) is 2.29. The van der Waals surface area contributed by atoms with Crippen LogP contribution in [0.15, 0.2) is 12.1 Å². The fraction of sp³-hybridized carbons (Fsp3) is 0.600. The van der Waals surface area contributed by atoms with Crippen molar-refractivity contribution in [1.82, 2.24) is 10.3 Å². The highest BCUT2D eigenvalue weighted by molar-refractivity contribution is 5.73. The number of aliphatic carboxylic acids is 1. The quantitative estimate of drug-likeness (QED) is 0.744. The molecule has 1 unspecified atom stereocenters. The van der Waals surface area contributed by atoms with Crippen molar-refractivity contribution in [3.8, 4) is 5.88 Å². The molecular formula is C15H28N2O4. The highest BCUT2D eigenvalue weighted by Crippen LogP contribution is 2.15. The summed E-state index contributed by atoms with van der Waals surface area (Å²) in [6.07, 6.45) is 0. The molecule has 122 valence electrons. The fourth-order valence-electron chi connectivity index (χ4n) is 1.34. The van der Waals surface area contributed by atoms with Crippen LogP contribution in [0.4, 0.5) is 0 Å². The van der Waals surface area contributed by atoms with Crippen LogP contribution in [-0.4, -0.2) is 40.9 Å². The molecule has 1 atom stereocenters. The Kier molecular flexibility index (Phi) is 13.7. The Morgan fingerprint density at radius 2 is 1.90 bits per heavy atom. The normalized spacial score (nSPS) is 10.4. The van der Waals surface area contributed by atoms with Gasteiger partial charge in [0.1, 0.15) is 6.04 Å². The molecule has 0 fully saturated rings. The fourth-order valence-corrected chi connectivity index (χ4v) is 1.34. The van der Waals surface area contributed by atoms with Crippen LogP contribution in [0.3, 0.4) is 0 Å². The number of methoxy groups -OCH3 is 1. The number of rotatable bonds is 6. The summed E-state index contributed by atoms with van der Waals surface area (Å²) in [6, 6.07) is 2.64. The maximum atomic E-state index is 10.7. The van der Waals surface area contributed by atoms with Crippen molar-refractivity contribution in [2.45, 2.75) is 47.2 Å². The Hall–Kier alpha value is -1.66. The van der Waals surface area contributed by atoms with Gasteiger partial charge in [-0.05, 0) is 13.0 Å². The van der Waals surface area contributed by atoms with Gasteiger partial charge in [-0.25, -0.2) is 4.98 Å². The molecule has 0 saturated heterocycles. The van der Waals surface area contributed by atoms with Crippen LogP contribution in [0.1, 0.15) is 39.0 Å². The van der Waals surface area contributed by atoms with Gasteiger partial charge >= 0.3 is 5.97 Å². The molecule has 0 bridgehead atoms. The Morgan fingerprint density at radius 1 is 1.33 bits per heavy atom. The molecule has 0 amide bonds. The number of aliphatic hydroxyl groups is 1. The van der Waals surface area contributed by atoms with E-state index in [1.807, 2.05) is 46.8 Å². The number of hydrogen-bond donors (Lipinski definition) is 3.